The Labute approximate surface area is 254 Å². The van der Waals surface area contributed by atoms with E-state index in [2.05, 4.69) is 0 Å². The molecule has 16 nitrogen and oxygen atoms in total. The van der Waals surface area contributed by atoms with Gasteiger partial charge >= 0.3 is 0 Å². The Kier molecular flexibility index (Phi) is 9.65. The van der Waals surface area contributed by atoms with Crippen LogP contribution in [-0.2, 0) is 40.5 Å². The number of aromatic hydroxyl groups is 2. The number of anilines is 2. The number of phenols is 2. The third kappa shape index (κ3) is 7.01. The molecule has 217 valence electrons. The van der Waals surface area contributed by atoms with Crippen molar-refractivity contribution in [3.05, 3.63) is 48.5 Å². The Hall–Kier alpha value is -2.76. The maximum atomic E-state index is 11.3. The van der Waals surface area contributed by atoms with E-state index in [0.717, 1.165) is 12.1 Å². The van der Waals surface area contributed by atoms with Crippen molar-refractivity contribution in [3.8, 4) is 11.5 Å². The average Bonchev–Trinajstić information content (AvgIpc) is 2.76. The average molecular weight is 662 g/mol. The predicted octanol–water partition coefficient (Wildman–Crippen LogP) is 0.861. The maximum absolute atomic E-state index is 11.3. The van der Waals surface area contributed by atoms with E-state index in [1.807, 2.05) is 0 Å². The zero-order valence-corrected chi connectivity index (χ0v) is 25.6. The number of fused-ring (bicyclic) bond motifs is 2. The van der Waals surface area contributed by atoms with Gasteiger partial charge in [0.1, 0.15) is 31.1 Å². The SMILES string of the molecule is Nc1c(S(=O)(=O)O)cc(S(=O)(=O)O)c2cccc(O)c12.Nc1c(S(=O)(=O)O)cc(S(=O)(=O)O)c2cccc(O)c12.[Na]. The van der Waals surface area contributed by atoms with Crippen molar-refractivity contribution < 1.29 is 62.1 Å². The molecule has 0 saturated heterocycles. The van der Waals surface area contributed by atoms with Crippen LogP contribution in [0.25, 0.3) is 21.5 Å². The molecule has 1 radical (unpaired) electrons. The van der Waals surface area contributed by atoms with Crippen LogP contribution in [0.1, 0.15) is 0 Å². The van der Waals surface area contributed by atoms with Crippen LogP contribution >= 0.6 is 0 Å². The molecule has 0 aliphatic heterocycles. The molecule has 0 aliphatic carbocycles. The molecule has 0 amide bonds. The van der Waals surface area contributed by atoms with Gasteiger partial charge in [0, 0.05) is 51.1 Å². The van der Waals surface area contributed by atoms with Crippen LogP contribution < -0.4 is 11.5 Å². The van der Waals surface area contributed by atoms with Gasteiger partial charge in [-0.1, -0.05) is 24.3 Å². The first kappa shape index (κ1) is 34.4. The largest absolute Gasteiger partial charge is 0.507 e. The van der Waals surface area contributed by atoms with Gasteiger partial charge in [-0.3, -0.25) is 18.2 Å². The van der Waals surface area contributed by atoms with Crippen LogP contribution in [0.15, 0.2) is 68.1 Å². The van der Waals surface area contributed by atoms with Gasteiger partial charge in [0.2, 0.25) is 0 Å². The minimum atomic E-state index is -4.84. The first-order valence-corrected chi connectivity index (χ1v) is 15.8. The summed E-state index contributed by atoms with van der Waals surface area (Å²) in [5.74, 6) is -0.981. The van der Waals surface area contributed by atoms with Crippen molar-refractivity contribution in [1.82, 2.24) is 0 Å². The Morgan fingerprint density at radius 1 is 0.488 bits per heavy atom. The molecule has 41 heavy (non-hydrogen) atoms. The van der Waals surface area contributed by atoms with E-state index in [1.165, 1.54) is 24.3 Å². The predicted molar refractivity (Wildman–Crippen MR) is 145 cm³/mol. The van der Waals surface area contributed by atoms with Gasteiger partial charge in [0.25, 0.3) is 40.5 Å². The fourth-order valence-electron chi connectivity index (χ4n) is 3.71. The quantitative estimate of drug-likeness (QED) is 0.0854. The molecule has 4 rings (SSSR count). The standard InChI is InChI=1S/2C10H9NO7S2.Na/c2*11-10-8(20(16,17)18)4-7(19(13,14)15)5-2-1-3-6(12)9(5)10;/h2*1-4,12H,11H2,(H,13,14,15)(H,16,17,18);. The molecule has 0 unspecified atom stereocenters. The fourth-order valence-corrected chi connectivity index (χ4v) is 6.58. The summed E-state index contributed by atoms with van der Waals surface area (Å²) >= 11 is 0. The summed E-state index contributed by atoms with van der Waals surface area (Å²) < 4.78 is 126. The zero-order valence-electron chi connectivity index (χ0n) is 20.4. The van der Waals surface area contributed by atoms with Crippen LogP contribution in [0.2, 0.25) is 0 Å². The van der Waals surface area contributed by atoms with Crippen LogP contribution in [0.5, 0.6) is 11.5 Å². The Balaban J connectivity index is 0.000000280. The van der Waals surface area contributed by atoms with Crippen molar-refractivity contribution >= 4 is 103 Å². The maximum Gasteiger partial charge on any atom is 0.296 e. The number of phenolic OH excluding ortho intramolecular Hbond substituents is 2. The molecule has 0 fully saturated rings. The second-order valence-corrected chi connectivity index (χ2v) is 13.4. The molecule has 0 bridgehead atoms. The molecule has 4 aromatic carbocycles. The van der Waals surface area contributed by atoms with Crippen molar-refractivity contribution in [2.75, 3.05) is 11.5 Å². The van der Waals surface area contributed by atoms with Gasteiger partial charge in [0.05, 0.1) is 11.4 Å². The number of hydrogen-bond acceptors (Lipinski definition) is 12. The number of rotatable bonds is 4. The summed E-state index contributed by atoms with van der Waals surface area (Å²) in [6.07, 6.45) is 0. The van der Waals surface area contributed by atoms with Crippen LogP contribution in [0.3, 0.4) is 0 Å². The summed E-state index contributed by atoms with van der Waals surface area (Å²) in [7, 11) is -19.2. The molecule has 0 atom stereocenters. The summed E-state index contributed by atoms with van der Waals surface area (Å²) in [5.41, 5.74) is 10.0. The van der Waals surface area contributed by atoms with Gasteiger partial charge < -0.3 is 21.7 Å². The van der Waals surface area contributed by atoms with E-state index in [9.17, 15) is 43.9 Å². The number of nitrogen functional groups attached to an aromatic ring is 2. The molecular formula is C20H18N2NaO14S4. The molecule has 0 aliphatic rings. The molecule has 4 aromatic rings. The normalized spacial score (nSPS) is 12.4. The van der Waals surface area contributed by atoms with Crippen molar-refractivity contribution in [2.24, 2.45) is 0 Å². The van der Waals surface area contributed by atoms with Crippen LogP contribution in [0.4, 0.5) is 11.4 Å². The number of nitrogens with two attached hydrogens (primary N) is 2. The minimum Gasteiger partial charge on any atom is -0.507 e. The Bertz CT molecular complexity index is 1990. The molecule has 0 saturated carbocycles. The van der Waals surface area contributed by atoms with Gasteiger partial charge in [-0.2, -0.15) is 33.7 Å². The van der Waals surface area contributed by atoms with Gasteiger partial charge in [-0.25, -0.2) is 0 Å². The topological polar surface area (TPSA) is 310 Å². The third-order valence-corrected chi connectivity index (χ3v) is 8.90. The van der Waals surface area contributed by atoms with E-state index in [4.69, 9.17) is 29.7 Å². The Morgan fingerprint density at radius 2 is 0.756 bits per heavy atom. The molecule has 0 heterocycles. The molecular weight excluding hydrogens is 643 g/mol. The van der Waals surface area contributed by atoms with E-state index < -0.39 is 82.9 Å². The van der Waals surface area contributed by atoms with Crippen LogP contribution in [0, 0.1) is 0 Å². The van der Waals surface area contributed by atoms with E-state index >= 15 is 0 Å². The first-order valence-electron chi connectivity index (χ1n) is 10.0. The minimum absolute atomic E-state index is 0. The van der Waals surface area contributed by atoms with E-state index in [1.54, 1.807) is 0 Å². The second kappa shape index (κ2) is 11.5. The molecule has 0 aromatic heterocycles. The summed E-state index contributed by atoms with van der Waals surface area (Å²) in [6, 6.07) is 8.40. The zero-order chi connectivity index (χ0) is 30.6. The smallest absolute Gasteiger partial charge is 0.296 e. The molecule has 0 spiro atoms. The number of hydrogen-bond donors (Lipinski definition) is 8. The third-order valence-electron chi connectivity index (χ3n) is 5.32. The van der Waals surface area contributed by atoms with E-state index in [-0.39, 0.29) is 51.1 Å². The van der Waals surface area contributed by atoms with E-state index in [0.29, 0.717) is 12.1 Å². The van der Waals surface area contributed by atoms with Gasteiger partial charge in [0.15, 0.2) is 0 Å². The van der Waals surface area contributed by atoms with Crippen molar-refractivity contribution in [1.29, 1.82) is 0 Å². The van der Waals surface area contributed by atoms with Gasteiger partial charge in [-0.05, 0) is 24.3 Å². The summed E-state index contributed by atoms with van der Waals surface area (Å²) in [5, 5.41) is 18.5. The van der Waals surface area contributed by atoms with Crippen molar-refractivity contribution in [3.63, 3.8) is 0 Å². The van der Waals surface area contributed by atoms with Gasteiger partial charge in [-0.15, -0.1) is 0 Å². The Morgan fingerprint density at radius 3 is 1.00 bits per heavy atom. The van der Waals surface area contributed by atoms with Crippen molar-refractivity contribution in [2.45, 2.75) is 19.6 Å². The summed E-state index contributed by atoms with van der Waals surface area (Å²) in [6.45, 7) is 0. The van der Waals surface area contributed by atoms with Crippen LogP contribution in [-0.4, -0.2) is 91.7 Å². The number of benzene rings is 4. The monoisotopic (exact) mass is 661 g/mol. The molecule has 10 N–H and O–H groups in total. The fraction of sp³-hybridized carbons (Fsp3) is 0. The molecule has 21 heteroatoms. The summed E-state index contributed by atoms with van der Waals surface area (Å²) in [4.78, 5) is -3.41. The first-order chi connectivity index (χ1) is 18.1. The second-order valence-electron chi connectivity index (χ2n) is 7.87.